The lowest BCUT2D eigenvalue weighted by Crippen LogP contribution is -1.91. The SMILES string of the molecule is Cc1c(O)c(O)c(Br)c(O)c1-c1c(O)c(O)c(O)c(O)c1O. The van der Waals surface area contributed by atoms with Crippen molar-refractivity contribution in [1.82, 2.24) is 0 Å². The maximum atomic E-state index is 10.1. The molecule has 8 N–H and O–H groups in total. The zero-order valence-electron chi connectivity index (χ0n) is 11.0. The van der Waals surface area contributed by atoms with Crippen LogP contribution in [0.15, 0.2) is 4.47 Å². The second-order valence-electron chi connectivity index (χ2n) is 4.48. The van der Waals surface area contributed by atoms with E-state index in [9.17, 15) is 40.9 Å². The Morgan fingerprint density at radius 1 is 0.500 bits per heavy atom. The zero-order valence-corrected chi connectivity index (χ0v) is 12.5. The highest BCUT2D eigenvalue weighted by Crippen LogP contribution is 2.59. The monoisotopic (exact) mass is 374 g/mol. The highest BCUT2D eigenvalue weighted by atomic mass is 79.9. The number of aromatic hydroxyl groups is 8. The molecule has 0 amide bonds. The molecule has 2 aromatic carbocycles. The lowest BCUT2D eigenvalue weighted by atomic mass is 9.95. The van der Waals surface area contributed by atoms with E-state index in [-0.39, 0.29) is 15.6 Å². The van der Waals surface area contributed by atoms with Crippen molar-refractivity contribution in [2.75, 3.05) is 0 Å². The molecule has 0 saturated heterocycles. The molecule has 0 atom stereocenters. The Hall–Kier alpha value is -2.68. The molecule has 0 unspecified atom stereocenters. The summed E-state index contributed by atoms with van der Waals surface area (Å²) in [6.07, 6.45) is 0. The van der Waals surface area contributed by atoms with Crippen LogP contribution in [0, 0.1) is 6.92 Å². The standard InChI is InChI=1S/C13H11BrO8/c1-2-3(7(16)5(14)10(19)6(2)15)4-8(17)11(20)13(22)12(21)9(4)18/h15-22H,1H3. The molecular weight excluding hydrogens is 364 g/mol. The van der Waals surface area contributed by atoms with Crippen LogP contribution in [-0.2, 0) is 0 Å². The van der Waals surface area contributed by atoms with Crippen LogP contribution in [0.3, 0.4) is 0 Å². The molecule has 0 aliphatic heterocycles. The lowest BCUT2D eigenvalue weighted by molar-refractivity contribution is 0.329. The average Bonchev–Trinajstić information content (AvgIpc) is 2.50. The fourth-order valence-electron chi connectivity index (χ4n) is 2.03. The smallest absolute Gasteiger partial charge is 0.208 e. The molecule has 118 valence electrons. The predicted octanol–water partition coefficient (Wildman–Crippen LogP) is 2.07. The van der Waals surface area contributed by atoms with Gasteiger partial charge in [-0.3, -0.25) is 0 Å². The summed E-state index contributed by atoms with van der Waals surface area (Å²) in [4.78, 5) is 0. The summed E-state index contributed by atoms with van der Waals surface area (Å²) in [7, 11) is 0. The molecule has 2 aromatic rings. The quantitative estimate of drug-likeness (QED) is 0.277. The average molecular weight is 375 g/mol. The van der Waals surface area contributed by atoms with E-state index in [1.165, 1.54) is 6.92 Å². The Balaban J connectivity index is 3.03. The molecule has 0 aliphatic rings. The van der Waals surface area contributed by atoms with Crippen molar-refractivity contribution >= 4 is 15.9 Å². The van der Waals surface area contributed by atoms with Crippen molar-refractivity contribution in [3.05, 3.63) is 10.0 Å². The predicted molar refractivity (Wildman–Crippen MR) is 77.6 cm³/mol. The number of benzene rings is 2. The summed E-state index contributed by atoms with van der Waals surface area (Å²) in [5.41, 5.74) is -1.17. The van der Waals surface area contributed by atoms with E-state index < -0.39 is 51.6 Å². The van der Waals surface area contributed by atoms with Crippen LogP contribution in [0.2, 0.25) is 0 Å². The van der Waals surface area contributed by atoms with E-state index in [1.807, 2.05) is 0 Å². The molecule has 0 saturated carbocycles. The van der Waals surface area contributed by atoms with Crippen LogP contribution in [0.1, 0.15) is 5.56 Å². The summed E-state index contributed by atoms with van der Waals surface area (Å²) < 4.78 is -0.337. The van der Waals surface area contributed by atoms with E-state index in [0.29, 0.717) is 0 Å². The minimum absolute atomic E-state index is 0.159. The Labute approximate surface area is 131 Å². The summed E-state index contributed by atoms with van der Waals surface area (Å²) >= 11 is 2.82. The van der Waals surface area contributed by atoms with Crippen molar-refractivity contribution < 1.29 is 40.9 Å². The third-order valence-corrected chi connectivity index (χ3v) is 3.98. The number of halogens is 1. The largest absolute Gasteiger partial charge is 0.506 e. The van der Waals surface area contributed by atoms with Gasteiger partial charge in [0, 0.05) is 11.1 Å². The molecule has 0 fully saturated rings. The topological polar surface area (TPSA) is 162 Å². The minimum atomic E-state index is -1.15. The lowest BCUT2D eigenvalue weighted by Gasteiger charge is -2.17. The van der Waals surface area contributed by atoms with Crippen molar-refractivity contribution in [3.8, 4) is 57.1 Å². The minimum Gasteiger partial charge on any atom is -0.506 e. The van der Waals surface area contributed by atoms with Gasteiger partial charge in [0.1, 0.15) is 10.2 Å². The normalized spacial score (nSPS) is 10.8. The van der Waals surface area contributed by atoms with E-state index in [4.69, 9.17) is 0 Å². The van der Waals surface area contributed by atoms with Crippen molar-refractivity contribution in [2.24, 2.45) is 0 Å². The van der Waals surface area contributed by atoms with Crippen LogP contribution in [0.4, 0.5) is 0 Å². The fraction of sp³-hybridized carbons (Fsp3) is 0.0769. The highest BCUT2D eigenvalue weighted by Gasteiger charge is 2.30. The van der Waals surface area contributed by atoms with Gasteiger partial charge >= 0.3 is 0 Å². The number of phenols is 8. The number of hydrogen-bond acceptors (Lipinski definition) is 8. The van der Waals surface area contributed by atoms with Crippen LogP contribution >= 0.6 is 15.9 Å². The van der Waals surface area contributed by atoms with Crippen LogP contribution in [0.5, 0.6) is 46.0 Å². The van der Waals surface area contributed by atoms with Gasteiger partial charge in [0.2, 0.25) is 17.2 Å². The molecule has 0 aliphatic carbocycles. The Bertz CT molecular complexity index is 674. The fourth-order valence-corrected chi connectivity index (χ4v) is 2.41. The summed E-state index contributed by atoms with van der Waals surface area (Å²) in [6, 6.07) is 0. The van der Waals surface area contributed by atoms with Crippen LogP contribution in [-0.4, -0.2) is 40.9 Å². The second kappa shape index (κ2) is 4.95. The van der Waals surface area contributed by atoms with Gasteiger partial charge in [0.05, 0.1) is 5.56 Å². The van der Waals surface area contributed by atoms with Gasteiger partial charge < -0.3 is 40.9 Å². The summed E-state index contributed by atoms with van der Waals surface area (Å²) in [5, 5.41) is 77.7. The molecule has 9 heteroatoms. The van der Waals surface area contributed by atoms with Gasteiger partial charge in [0.15, 0.2) is 23.0 Å². The van der Waals surface area contributed by atoms with E-state index in [0.717, 1.165) is 0 Å². The third kappa shape index (κ3) is 1.90. The first-order valence-corrected chi connectivity index (χ1v) is 6.52. The van der Waals surface area contributed by atoms with E-state index in [1.54, 1.807) is 0 Å². The third-order valence-electron chi connectivity index (χ3n) is 3.23. The molecule has 0 heterocycles. The van der Waals surface area contributed by atoms with Crippen LogP contribution in [0.25, 0.3) is 11.1 Å². The second-order valence-corrected chi connectivity index (χ2v) is 5.27. The molecule has 2 rings (SSSR count). The maximum absolute atomic E-state index is 10.1. The van der Waals surface area contributed by atoms with Crippen molar-refractivity contribution in [3.63, 3.8) is 0 Å². The van der Waals surface area contributed by atoms with Crippen molar-refractivity contribution in [2.45, 2.75) is 6.92 Å². The number of rotatable bonds is 1. The Morgan fingerprint density at radius 3 is 1.36 bits per heavy atom. The molecule has 0 bridgehead atoms. The Morgan fingerprint density at radius 2 is 0.909 bits per heavy atom. The van der Waals surface area contributed by atoms with Gasteiger partial charge in [-0.25, -0.2) is 0 Å². The van der Waals surface area contributed by atoms with Gasteiger partial charge in [-0.1, -0.05) is 0 Å². The first-order valence-electron chi connectivity index (χ1n) is 5.73. The number of phenolic OH excluding ortho intramolecular Hbond substituents is 8. The van der Waals surface area contributed by atoms with E-state index >= 15 is 0 Å². The van der Waals surface area contributed by atoms with Crippen molar-refractivity contribution in [1.29, 1.82) is 0 Å². The molecule has 0 spiro atoms. The first-order chi connectivity index (χ1) is 10.1. The zero-order chi connectivity index (χ0) is 16.9. The number of hydrogen-bond donors (Lipinski definition) is 8. The summed E-state index contributed by atoms with van der Waals surface area (Å²) in [6.45, 7) is 1.25. The molecular formula is C13H11BrO8. The van der Waals surface area contributed by atoms with Gasteiger partial charge in [0.25, 0.3) is 0 Å². The molecule has 0 radical (unpaired) electrons. The maximum Gasteiger partial charge on any atom is 0.208 e. The first kappa shape index (κ1) is 15.7. The van der Waals surface area contributed by atoms with Gasteiger partial charge in [-0.05, 0) is 22.9 Å². The highest BCUT2D eigenvalue weighted by molar-refractivity contribution is 9.10. The molecule has 22 heavy (non-hydrogen) atoms. The van der Waals surface area contributed by atoms with E-state index in [2.05, 4.69) is 15.9 Å². The van der Waals surface area contributed by atoms with Crippen LogP contribution < -0.4 is 0 Å². The van der Waals surface area contributed by atoms with Gasteiger partial charge in [-0.15, -0.1) is 0 Å². The molecule has 8 nitrogen and oxygen atoms in total. The summed E-state index contributed by atoms with van der Waals surface area (Å²) in [5.74, 6) is -7.51. The van der Waals surface area contributed by atoms with Gasteiger partial charge in [-0.2, -0.15) is 0 Å². The molecule has 0 aromatic heterocycles. The Kier molecular flexibility index (Phi) is 3.53.